The van der Waals surface area contributed by atoms with Crippen molar-refractivity contribution in [3.8, 4) is 5.69 Å². The molecule has 1 amide bonds. The highest BCUT2D eigenvalue weighted by molar-refractivity contribution is 5.90. The van der Waals surface area contributed by atoms with Gasteiger partial charge in [0.15, 0.2) is 5.69 Å². The van der Waals surface area contributed by atoms with E-state index < -0.39 is 5.97 Å². The molecular weight excluding hydrogens is 270 g/mol. The van der Waals surface area contributed by atoms with Crippen molar-refractivity contribution < 1.29 is 14.7 Å². The lowest BCUT2D eigenvalue weighted by molar-refractivity contribution is -0.116. The molecule has 0 saturated heterocycles. The lowest BCUT2D eigenvalue weighted by Crippen LogP contribution is -2.10. The fourth-order valence-electron chi connectivity index (χ4n) is 1.74. The summed E-state index contributed by atoms with van der Waals surface area (Å²) in [5, 5.41) is 15.5. The van der Waals surface area contributed by atoms with Gasteiger partial charge in [0.1, 0.15) is 0 Å². The Labute approximate surface area is 121 Å². The zero-order chi connectivity index (χ0) is 15.2. The van der Waals surface area contributed by atoms with Crippen molar-refractivity contribution >= 4 is 17.6 Å². The summed E-state index contributed by atoms with van der Waals surface area (Å²) < 4.78 is 1.47. The number of hydrogen-bond donors (Lipinski definition) is 2. The molecule has 2 N–H and O–H groups in total. The van der Waals surface area contributed by atoms with Crippen LogP contribution in [-0.2, 0) is 4.79 Å². The minimum absolute atomic E-state index is 0.0168. The number of carboxylic acid groups (broad SMARTS) is 1. The summed E-state index contributed by atoms with van der Waals surface area (Å²) in [5.41, 5.74) is 1.38. The molecule has 0 saturated carbocycles. The van der Waals surface area contributed by atoms with Gasteiger partial charge in [0.25, 0.3) is 0 Å². The van der Waals surface area contributed by atoms with Gasteiger partial charge in [0, 0.05) is 18.3 Å². The molecule has 0 unspecified atom stereocenters. The van der Waals surface area contributed by atoms with Crippen molar-refractivity contribution in [1.29, 1.82) is 0 Å². The van der Waals surface area contributed by atoms with E-state index in [1.54, 1.807) is 36.5 Å². The molecule has 2 aromatic rings. The second-order valence-corrected chi connectivity index (χ2v) is 4.37. The maximum Gasteiger partial charge on any atom is 0.356 e. The standard InChI is InChI=1S/C15H15N3O3/c1-2-3-4-14(19)16-11-5-7-12(8-6-11)18-10-9-13(17-18)15(20)21/h2,5-10H,1,3-4H2,(H,16,19)(H,20,21). The smallest absolute Gasteiger partial charge is 0.356 e. The van der Waals surface area contributed by atoms with Crippen molar-refractivity contribution in [3.05, 3.63) is 54.9 Å². The van der Waals surface area contributed by atoms with E-state index in [1.165, 1.54) is 10.7 Å². The second kappa shape index (κ2) is 6.51. The van der Waals surface area contributed by atoms with E-state index in [9.17, 15) is 9.59 Å². The molecule has 21 heavy (non-hydrogen) atoms. The van der Waals surface area contributed by atoms with E-state index in [-0.39, 0.29) is 11.6 Å². The van der Waals surface area contributed by atoms with Gasteiger partial charge in [-0.1, -0.05) is 6.08 Å². The number of aromatic carboxylic acids is 1. The fourth-order valence-corrected chi connectivity index (χ4v) is 1.74. The van der Waals surface area contributed by atoms with Crippen LogP contribution in [0, 0.1) is 0 Å². The van der Waals surface area contributed by atoms with Crippen LogP contribution in [-0.4, -0.2) is 26.8 Å². The molecule has 6 nitrogen and oxygen atoms in total. The Morgan fingerprint density at radius 3 is 2.57 bits per heavy atom. The summed E-state index contributed by atoms with van der Waals surface area (Å²) in [5.74, 6) is -1.14. The van der Waals surface area contributed by atoms with Crippen molar-refractivity contribution in [2.45, 2.75) is 12.8 Å². The Morgan fingerprint density at radius 2 is 2.00 bits per heavy atom. The third kappa shape index (κ3) is 3.79. The van der Waals surface area contributed by atoms with Crippen LogP contribution in [0.2, 0.25) is 0 Å². The van der Waals surface area contributed by atoms with Crippen LogP contribution < -0.4 is 5.32 Å². The number of benzene rings is 1. The lowest BCUT2D eigenvalue weighted by atomic mass is 10.2. The summed E-state index contributed by atoms with van der Waals surface area (Å²) in [6.45, 7) is 3.57. The number of carbonyl (C=O) groups excluding carboxylic acids is 1. The van der Waals surface area contributed by atoms with Crippen LogP contribution in [0.1, 0.15) is 23.3 Å². The number of carbonyl (C=O) groups is 2. The van der Waals surface area contributed by atoms with Crippen molar-refractivity contribution in [2.75, 3.05) is 5.32 Å². The SMILES string of the molecule is C=CCCC(=O)Nc1ccc(-n2ccc(C(=O)O)n2)cc1. The van der Waals surface area contributed by atoms with Crippen LogP contribution in [0.15, 0.2) is 49.2 Å². The van der Waals surface area contributed by atoms with Gasteiger partial charge in [-0.3, -0.25) is 4.79 Å². The van der Waals surface area contributed by atoms with E-state index >= 15 is 0 Å². The molecule has 6 heteroatoms. The molecule has 0 atom stereocenters. The summed E-state index contributed by atoms with van der Waals surface area (Å²) in [6.07, 6.45) is 4.29. The zero-order valence-corrected chi connectivity index (χ0v) is 11.3. The number of amides is 1. The highest BCUT2D eigenvalue weighted by Crippen LogP contribution is 2.13. The third-order valence-electron chi connectivity index (χ3n) is 2.80. The first-order chi connectivity index (χ1) is 10.1. The van der Waals surface area contributed by atoms with Crippen LogP contribution in [0.5, 0.6) is 0 Å². The van der Waals surface area contributed by atoms with Crippen LogP contribution in [0.4, 0.5) is 5.69 Å². The first-order valence-corrected chi connectivity index (χ1v) is 6.40. The largest absolute Gasteiger partial charge is 0.476 e. The molecule has 0 aliphatic rings. The molecule has 0 aliphatic carbocycles. The fraction of sp³-hybridized carbons (Fsp3) is 0.133. The molecule has 1 aromatic carbocycles. The summed E-state index contributed by atoms with van der Waals surface area (Å²) in [7, 11) is 0. The molecule has 1 heterocycles. The molecule has 2 rings (SSSR count). The predicted octanol–water partition coefficient (Wildman–Crippen LogP) is 2.48. The van der Waals surface area contributed by atoms with Gasteiger partial charge >= 0.3 is 5.97 Å². The summed E-state index contributed by atoms with van der Waals surface area (Å²) in [6, 6.07) is 8.41. The Balaban J connectivity index is 2.05. The van der Waals surface area contributed by atoms with E-state index in [0.717, 1.165) is 0 Å². The molecule has 108 valence electrons. The monoisotopic (exact) mass is 285 g/mol. The first kappa shape index (κ1) is 14.5. The average Bonchev–Trinajstić information content (AvgIpc) is 2.96. The van der Waals surface area contributed by atoms with Gasteiger partial charge in [-0.05, 0) is 36.8 Å². The molecule has 0 bridgehead atoms. The first-order valence-electron chi connectivity index (χ1n) is 6.40. The van der Waals surface area contributed by atoms with Crippen LogP contribution in [0.3, 0.4) is 0 Å². The Kier molecular flexibility index (Phi) is 4.50. The van der Waals surface area contributed by atoms with Gasteiger partial charge in [-0.25, -0.2) is 9.48 Å². The summed E-state index contributed by atoms with van der Waals surface area (Å²) in [4.78, 5) is 22.3. The lowest BCUT2D eigenvalue weighted by Gasteiger charge is -2.06. The van der Waals surface area contributed by atoms with Gasteiger partial charge in [0.05, 0.1) is 5.69 Å². The molecule has 1 aromatic heterocycles. The normalized spacial score (nSPS) is 10.1. The number of aromatic nitrogens is 2. The van der Waals surface area contributed by atoms with E-state index in [0.29, 0.717) is 24.2 Å². The quantitative estimate of drug-likeness (QED) is 0.798. The maximum absolute atomic E-state index is 11.6. The van der Waals surface area contributed by atoms with Gasteiger partial charge in [0.2, 0.25) is 5.91 Å². The Morgan fingerprint density at radius 1 is 1.29 bits per heavy atom. The van der Waals surface area contributed by atoms with E-state index in [4.69, 9.17) is 5.11 Å². The van der Waals surface area contributed by atoms with E-state index in [2.05, 4.69) is 17.0 Å². The molecule has 0 spiro atoms. The number of hydrogen-bond acceptors (Lipinski definition) is 3. The highest BCUT2D eigenvalue weighted by atomic mass is 16.4. The minimum Gasteiger partial charge on any atom is -0.476 e. The van der Waals surface area contributed by atoms with Gasteiger partial charge in [-0.15, -0.1) is 6.58 Å². The van der Waals surface area contributed by atoms with Crippen molar-refractivity contribution in [2.24, 2.45) is 0 Å². The van der Waals surface area contributed by atoms with Crippen LogP contribution in [0.25, 0.3) is 5.69 Å². The van der Waals surface area contributed by atoms with E-state index in [1.807, 2.05) is 0 Å². The maximum atomic E-state index is 11.6. The minimum atomic E-state index is -1.07. The predicted molar refractivity (Wildman–Crippen MR) is 78.6 cm³/mol. The van der Waals surface area contributed by atoms with Crippen LogP contribution >= 0.6 is 0 Å². The summed E-state index contributed by atoms with van der Waals surface area (Å²) >= 11 is 0. The highest BCUT2D eigenvalue weighted by Gasteiger charge is 2.08. The average molecular weight is 285 g/mol. The number of rotatable bonds is 6. The molecule has 0 radical (unpaired) electrons. The van der Waals surface area contributed by atoms with Crippen molar-refractivity contribution in [3.63, 3.8) is 0 Å². The molecular formula is C15H15N3O3. The number of nitrogens with one attached hydrogen (secondary N) is 1. The number of carboxylic acids is 1. The Hall–Kier alpha value is -2.89. The molecule has 0 fully saturated rings. The second-order valence-electron chi connectivity index (χ2n) is 4.37. The van der Waals surface area contributed by atoms with Crippen molar-refractivity contribution in [1.82, 2.24) is 9.78 Å². The molecule has 0 aliphatic heterocycles. The van der Waals surface area contributed by atoms with Gasteiger partial charge in [-0.2, -0.15) is 5.10 Å². The van der Waals surface area contributed by atoms with Gasteiger partial charge < -0.3 is 10.4 Å². The Bertz CT molecular complexity index is 659. The topological polar surface area (TPSA) is 84.2 Å². The number of nitrogens with zero attached hydrogens (tertiary/aromatic N) is 2. The third-order valence-corrected chi connectivity index (χ3v) is 2.80. The number of allylic oxidation sites excluding steroid dienone is 1. The number of anilines is 1. The zero-order valence-electron chi connectivity index (χ0n) is 11.3.